The number of rotatable bonds is 80. The van der Waals surface area contributed by atoms with Gasteiger partial charge in [0.1, 0.15) is 25.4 Å². The highest BCUT2D eigenvalue weighted by molar-refractivity contribution is 7.47. The van der Waals surface area contributed by atoms with E-state index in [9.17, 15) is 43.5 Å². The number of aliphatic hydroxyl groups excluding tert-OH is 2. The van der Waals surface area contributed by atoms with Crippen molar-refractivity contribution in [1.82, 2.24) is 0 Å². The topological polar surface area (TPSA) is 231 Å². The molecule has 0 fully saturated rings. The van der Waals surface area contributed by atoms with Gasteiger partial charge in [-0.25, -0.2) is 9.13 Å². The summed E-state index contributed by atoms with van der Waals surface area (Å²) in [7, 11) is -9.82. The van der Waals surface area contributed by atoms with Gasteiger partial charge in [0.05, 0.1) is 26.4 Å². The van der Waals surface area contributed by atoms with E-state index in [1.807, 2.05) is 0 Å². The number of aliphatic hydroxyl groups is 2. The largest absolute Gasteiger partial charge is 0.472 e. The molecule has 0 aliphatic rings. The Labute approximate surface area is 675 Å². The normalized spacial score (nSPS) is 14.8. The molecule has 5 unspecified atom stereocenters. The highest BCUT2D eigenvalue weighted by Crippen LogP contribution is 2.45. The lowest BCUT2D eigenvalue weighted by atomic mass is 10.0. The number of phosphoric acid groups is 2. The number of hydrogen-bond acceptors (Lipinski definition) is 14. The van der Waals surface area contributed by atoms with Gasteiger partial charge < -0.3 is 34.2 Å². The van der Waals surface area contributed by atoms with E-state index in [2.05, 4.69) is 203 Å². The van der Waals surface area contributed by atoms with Crippen molar-refractivity contribution in [3.63, 3.8) is 0 Å². The summed E-state index contributed by atoms with van der Waals surface area (Å²) in [5.74, 6) is -1.61. The summed E-state index contributed by atoms with van der Waals surface area (Å²) < 4.78 is 61.3. The smallest absolute Gasteiger partial charge is 0.463 e. The van der Waals surface area contributed by atoms with Crippen molar-refractivity contribution >= 4 is 33.6 Å². The average molecular weight is 1590 g/mol. The summed E-state index contributed by atoms with van der Waals surface area (Å²) in [5.41, 5.74) is 0. The predicted octanol–water partition coefficient (Wildman–Crippen LogP) is 26.1. The fraction of sp³-hybridized carbons (Fsp3) is 0.645. The highest BCUT2D eigenvalue weighted by Gasteiger charge is 2.29. The molecule has 0 radical (unpaired) electrons. The van der Waals surface area contributed by atoms with E-state index in [4.69, 9.17) is 32.3 Å². The van der Waals surface area contributed by atoms with E-state index in [0.717, 1.165) is 180 Å². The Kier molecular flexibility index (Phi) is 80.0. The Hall–Kier alpha value is -5.35. The lowest BCUT2D eigenvalue weighted by Crippen LogP contribution is -2.30. The number of ether oxygens (including phenoxy) is 3. The van der Waals surface area contributed by atoms with Crippen molar-refractivity contribution < 1.29 is 75.8 Å². The first-order chi connectivity index (χ1) is 54.2. The van der Waals surface area contributed by atoms with Crippen LogP contribution in [0.15, 0.2) is 182 Å². The molecule has 5 atom stereocenters. The zero-order valence-corrected chi connectivity index (χ0v) is 71.1. The third-order valence-electron chi connectivity index (χ3n) is 17.6. The van der Waals surface area contributed by atoms with E-state index >= 15 is 0 Å². The average Bonchev–Trinajstić information content (AvgIpc) is 0.901. The molecule has 0 rings (SSSR count). The Bertz CT molecular complexity index is 2750. The van der Waals surface area contributed by atoms with E-state index in [1.54, 1.807) is 0 Å². The lowest BCUT2D eigenvalue weighted by molar-refractivity contribution is -0.161. The van der Waals surface area contributed by atoms with Crippen molar-refractivity contribution in [2.75, 3.05) is 39.6 Å². The molecule has 0 amide bonds. The molecule has 632 valence electrons. The molecule has 0 bridgehead atoms. The minimum Gasteiger partial charge on any atom is -0.463 e. The fourth-order valence-corrected chi connectivity index (χ4v) is 12.8. The zero-order valence-electron chi connectivity index (χ0n) is 69.3. The van der Waals surface area contributed by atoms with Gasteiger partial charge in [-0.1, -0.05) is 338 Å². The number of unbranched alkanes of at least 4 members (excludes halogenated alkanes) is 27. The first-order valence-electron chi connectivity index (χ1n) is 43.1. The fourth-order valence-electron chi connectivity index (χ4n) is 11.2. The van der Waals surface area contributed by atoms with Gasteiger partial charge in [0.2, 0.25) is 0 Å². The number of carbonyl (C=O) groups is 3. The SMILES string of the molecule is CC/C=C\C/C=C\C/C=C\C/C=C\C/C=C\C/C=C\CCCCCCCCCCCCCCCCC(=O)OCC(O)COP(=O)(O)OCC(O)COP(=O)(O)OCC(COC(=O)CCCCCCCCCCC/C=C\C/C=C\C/C=C\C/C=C\C/C=C\CC)OC(=O)CCCCCC/C=C\C/C=C\C/C=C\C/C=C\CC. The first-order valence-corrected chi connectivity index (χ1v) is 46.1. The van der Waals surface area contributed by atoms with Crippen LogP contribution < -0.4 is 0 Å². The molecule has 111 heavy (non-hydrogen) atoms. The Morgan fingerprint density at radius 1 is 0.252 bits per heavy atom. The molecule has 0 saturated heterocycles. The van der Waals surface area contributed by atoms with Crippen molar-refractivity contribution in [1.29, 1.82) is 0 Å². The van der Waals surface area contributed by atoms with E-state index in [1.165, 1.54) is 89.9 Å². The van der Waals surface area contributed by atoms with Crippen molar-refractivity contribution in [3.05, 3.63) is 182 Å². The van der Waals surface area contributed by atoms with Crippen LogP contribution in [0.25, 0.3) is 0 Å². The number of carbonyl (C=O) groups excluding carboxylic acids is 3. The first kappa shape index (κ1) is 106. The van der Waals surface area contributed by atoms with Crippen molar-refractivity contribution in [3.8, 4) is 0 Å². The van der Waals surface area contributed by atoms with E-state index in [0.29, 0.717) is 19.3 Å². The van der Waals surface area contributed by atoms with Crippen LogP contribution in [0.2, 0.25) is 0 Å². The molecule has 0 aliphatic carbocycles. The number of hydrogen-bond donors (Lipinski definition) is 4. The summed E-state index contributed by atoms with van der Waals surface area (Å²) in [6, 6.07) is 0. The second kappa shape index (κ2) is 84.1. The minimum absolute atomic E-state index is 0.0699. The molecular formula is C93H154O16P2. The molecule has 0 aromatic rings. The summed E-state index contributed by atoms with van der Waals surface area (Å²) >= 11 is 0. The Morgan fingerprint density at radius 2 is 0.450 bits per heavy atom. The molecule has 4 N–H and O–H groups in total. The molecule has 16 nitrogen and oxygen atoms in total. The molecule has 0 spiro atoms. The quantitative estimate of drug-likeness (QED) is 0.0146. The molecule has 0 heterocycles. The standard InChI is InChI=1S/C93H154O16P2/c1-4-7-10-13-16-19-22-25-28-31-33-35-37-39-40-41-42-43-44-45-46-48-50-51-53-56-58-61-64-67-70-73-76-79-91(96)103-82-88(94)83-105-110(99,100)106-84-89(95)85-107-111(101,102)108-87-90(109-93(98)81-78-75-72-69-66-63-60-55-30-27-24-21-18-15-12-9-6-3)86-104-92(97)80-77-74-71-68-65-62-59-57-54-52-49-47-38-36-34-32-29-26-23-20-17-14-11-8-5-2/h7-12,16-21,25-30,33-36,39-40,42-43,47,49,60,63,88-90,94-95H,4-6,13-15,22-24,31-32,37-38,41,44-46,48,50-59,61-62,64-87H2,1-3H3,(H,99,100)(H,101,102)/b10-7-,11-8-,12-9-,19-16-,20-17-,21-18-,28-25-,29-26-,30-27-,35-33-,36-34-,40-39-,43-42-,49-47-,63-60-. The summed E-state index contributed by atoms with van der Waals surface area (Å²) in [6.45, 7) is 2.31. The predicted molar refractivity (Wildman–Crippen MR) is 463 cm³/mol. The van der Waals surface area contributed by atoms with Crippen molar-refractivity contribution in [2.24, 2.45) is 0 Å². The number of phosphoric ester groups is 2. The molecule has 0 aliphatic heterocycles. The van der Waals surface area contributed by atoms with Crippen LogP contribution in [0.4, 0.5) is 0 Å². The third kappa shape index (κ3) is 85.4. The summed E-state index contributed by atoms with van der Waals surface area (Å²) in [5, 5.41) is 20.7. The maximum absolute atomic E-state index is 13.0. The van der Waals surface area contributed by atoms with Gasteiger partial charge in [-0.2, -0.15) is 0 Å². The van der Waals surface area contributed by atoms with Gasteiger partial charge in [0, 0.05) is 19.3 Å². The molecule has 18 heteroatoms. The van der Waals surface area contributed by atoms with Gasteiger partial charge in [0.25, 0.3) is 0 Å². The van der Waals surface area contributed by atoms with Crippen LogP contribution in [0.3, 0.4) is 0 Å². The zero-order chi connectivity index (χ0) is 80.8. The Balaban J connectivity index is 4.54. The van der Waals surface area contributed by atoms with Gasteiger partial charge in [-0.15, -0.1) is 0 Å². The van der Waals surface area contributed by atoms with Crippen LogP contribution in [-0.4, -0.2) is 95.9 Å². The second-order valence-electron chi connectivity index (χ2n) is 28.2. The number of allylic oxidation sites excluding steroid dienone is 30. The minimum atomic E-state index is -4.95. The van der Waals surface area contributed by atoms with Crippen LogP contribution in [0.5, 0.6) is 0 Å². The van der Waals surface area contributed by atoms with E-state index < -0.39 is 91.5 Å². The van der Waals surface area contributed by atoms with Crippen LogP contribution in [-0.2, 0) is 55.8 Å². The molecule has 0 aromatic heterocycles. The van der Waals surface area contributed by atoms with Gasteiger partial charge in [0.15, 0.2) is 6.10 Å². The molecular weight excluding hydrogens is 1430 g/mol. The maximum atomic E-state index is 13.0. The summed E-state index contributed by atoms with van der Waals surface area (Å²) in [6.07, 6.45) is 109. The van der Waals surface area contributed by atoms with Crippen LogP contribution >= 0.6 is 15.6 Å². The maximum Gasteiger partial charge on any atom is 0.472 e. The second-order valence-corrected chi connectivity index (χ2v) is 31.1. The Morgan fingerprint density at radius 3 is 0.712 bits per heavy atom. The summed E-state index contributed by atoms with van der Waals surface area (Å²) in [4.78, 5) is 58.8. The van der Waals surface area contributed by atoms with Crippen LogP contribution in [0.1, 0.15) is 329 Å². The molecule has 0 aromatic carbocycles. The van der Waals surface area contributed by atoms with Gasteiger partial charge >= 0.3 is 33.6 Å². The van der Waals surface area contributed by atoms with E-state index in [-0.39, 0.29) is 19.3 Å². The van der Waals surface area contributed by atoms with Gasteiger partial charge in [-0.3, -0.25) is 32.5 Å². The van der Waals surface area contributed by atoms with Crippen molar-refractivity contribution in [2.45, 2.75) is 347 Å². The molecule has 0 saturated carbocycles. The lowest BCUT2D eigenvalue weighted by Gasteiger charge is -2.21. The monoisotopic (exact) mass is 1590 g/mol. The highest BCUT2D eigenvalue weighted by atomic mass is 31.2. The van der Waals surface area contributed by atoms with Gasteiger partial charge in [-0.05, 0) is 154 Å². The number of esters is 3. The third-order valence-corrected chi connectivity index (χ3v) is 19.5. The van der Waals surface area contributed by atoms with Crippen LogP contribution in [0, 0.1) is 0 Å².